The van der Waals surface area contributed by atoms with Crippen molar-refractivity contribution in [2.75, 3.05) is 0 Å². The quantitative estimate of drug-likeness (QED) is 0.808. The molecule has 0 spiro atoms. The van der Waals surface area contributed by atoms with Crippen LogP contribution in [0, 0.1) is 6.92 Å². The van der Waals surface area contributed by atoms with Crippen LogP contribution < -0.4 is 0 Å². The Hall–Kier alpha value is -1.61. The number of amides is 1. The van der Waals surface area contributed by atoms with Crippen molar-refractivity contribution >= 4 is 17.2 Å². The van der Waals surface area contributed by atoms with E-state index in [0.29, 0.717) is 6.42 Å². The number of fused-ring (bicyclic) bond motifs is 1. The van der Waals surface area contributed by atoms with Gasteiger partial charge in [0.05, 0.1) is 6.04 Å². The van der Waals surface area contributed by atoms with Gasteiger partial charge in [-0.25, -0.2) is 0 Å². The Morgan fingerprint density at radius 1 is 1.33 bits per heavy atom. The molecule has 1 aromatic heterocycles. The van der Waals surface area contributed by atoms with E-state index in [1.165, 1.54) is 20.9 Å². The lowest BCUT2D eigenvalue weighted by atomic mass is 9.91. The van der Waals surface area contributed by atoms with E-state index in [2.05, 4.69) is 49.1 Å². The van der Waals surface area contributed by atoms with Crippen LogP contribution in [0.3, 0.4) is 0 Å². The molecule has 110 valence electrons. The highest BCUT2D eigenvalue weighted by molar-refractivity contribution is 7.12. The number of hydrogen-bond acceptors (Lipinski definition) is 2. The van der Waals surface area contributed by atoms with Gasteiger partial charge < -0.3 is 4.90 Å². The number of benzene rings is 1. The van der Waals surface area contributed by atoms with Crippen molar-refractivity contribution in [3.05, 3.63) is 57.3 Å². The van der Waals surface area contributed by atoms with Crippen molar-refractivity contribution in [3.8, 4) is 0 Å². The molecule has 1 aliphatic heterocycles. The third-order valence-electron chi connectivity index (χ3n) is 4.19. The summed E-state index contributed by atoms with van der Waals surface area (Å²) in [5.41, 5.74) is 2.63. The van der Waals surface area contributed by atoms with E-state index < -0.39 is 0 Å². The van der Waals surface area contributed by atoms with Gasteiger partial charge in [-0.3, -0.25) is 4.79 Å². The third-order valence-corrected chi connectivity index (χ3v) is 5.33. The van der Waals surface area contributed by atoms with E-state index in [-0.39, 0.29) is 18.0 Å². The summed E-state index contributed by atoms with van der Waals surface area (Å²) in [6.07, 6.45) is 1.53. The van der Waals surface area contributed by atoms with Crippen LogP contribution in [0.4, 0.5) is 0 Å². The Morgan fingerprint density at radius 3 is 2.71 bits per heavy atom. The number of carbonyl (C=O) groups is 1. The fourth-order valence-electron chi connectivity index (χ4n) is 3.29. The fourth-order valence-corrected chi connectivity index (χ4v) is 4.48. The molecule has 2 heterocycles. The van der Waals surface area contributed by atoms with Crippen LogP contribution in [0.2, 0.25) is 0 Å². The first-order chi connectivity index (χ1) is 10.1. The summed E-state index contributed by atoms with van der Waals surface area (Å²) in [6, 6.07) is 13.0. The van der Waals surface area contributed by atoms with E-state index in [0.717, 1.165) is 6.42 Å². The molecule has 0 aliphatic carbocycles. The summed E-state index contributed by atoms with van der Waals surface area (Å²) >= 11 is 1.83. The fraction of sp³-hybridized carbons (Fsp3) is 0.389. The minimum absolute atomic E-state index is 0.0797. The van der Waals surface area contributed by atoms with Crippen molar-refractivity contribution in [2.24, 2.45) is 0 Å². The van der Waals surface area contributed by atoms with E-state index >= 15 is 0 Å². The SMILES string of the molecule is CCC(=O)N1[C@@H](c2ccccc2)c2sc(C)cc2C[C@@H]1C. The molecule has 2 atom stereocenters. The van der Waals surface area contributed by atoms with Crippen molar-refractivity contribution in [3.63, 3.8) is 0 Å². The summed E-state index contributed by atoms with van der Waals surface area (Å²) in [7, 11) is 0. The van der Waals surface area contributed by atoms with Gasteiger partial charge in [-0.1, -0.05) is 37.3 Å². The average molecular weight is 299 g/mol. The molecule has 21 heavy (non-hydrogen) atoms. The second kappa shape index (κ2) is 5.64. The molecule has 1 amide bonds. The van der Waals surface area contributed by atoms with Crippen LogP contribution in [-0.4, -0.2) is 16.8 Å². The van der Waals surface area contributed by atoms with Crippen LogP contribution in [0.25, 0.3) is 0 Å². The van der Waals surface area contributed by atoms with Gasteiger partial charge in [0.2, 0.25) is 5.91 Å². The average Bonchev–Trinajstić information content (AvgIpc) is 2.85. The van der Waals surface area contributed by atoms with Gasteiger partial charge in [-0.15, -0.1) is 11.3 Å². The first-order valence-electron chi connectivity index (χ1n) is 7.57. The Morgan fingerprint density at radius 2 is 2.05 bits per heavy atom. The highest BCUT2D eigenvalue weighted by Crippen LogP contribution is 2.42. The Balaban J connectivity index is 2.14. The molecule has 3 rings (SSSR count). The molecule has 0 fully saturated rings. The zero-order valence-electron chi connectivity index (χ0n) is 12.8. The monoisotopic (exact) mass is 299 g/mol. The second-order valence-corrected chi connectivity index (χ2v) is 7.06. The van der Waals surface area contributed by atoms with Crippen LogP contribution >= 0.6 is 11.3 Å². The van der Waals surface area contributed by atoms with E-state index in [1.807, 2.05) is 24.3 Å². The molecule has 3 heteroatoms. The molecule has 1 aliphatic rings. The van der Waals surface area contributed by atoms with Crippen molar-refractivity contribution in [1.29, 1.82) is 0 Å². The molecule has 2 nitrogen and oxygen atoms in total. The van der Waals surface area contributed by atoms with Crippen LogP contribution in [-0.2, 0) is 11.2 Å². The topological polar surface area (TPSA) is 20.3 Å². The molecule has 0 saturated carbocycles. The Bertz CT molecular complexity index is 646. The number of rotatable bonds is 2. The number of aryl methyl sites for hydroxylation is 1. The maximum Gasteiger partial charge on any atom is 0.223 e. The molecular formula is C18H21NOS. The predicted molar refractivity (Wildman–Crippen MR) is 87.6 cm³/mol. The highest BCUT2D eigenvalue weighted by atomic mass is 32.1. The lowest BCUT2D eigenvalue weighted by molar-refractivity contribution is -0.135. The zero-order valence-corrected chi connectivity index (χ0v) is 13.6. The summed E-state index contributed by atoms with van der Waals surface area (Å²) in [6.45, 7) is 6.27. The van der Waals surface area contributed by atoms with Crippen molar-refractivity contribution < 1.29 is 4.79 Å². The first kappa shape index (κ1) is 14.3. The first-order valence-corrected chi connectivity index (χ1v) is 8.38. The zero-order chi connectivity index (χ0) is 15.0. The predicted octanol–water partition coefficient (Wildman–Crippen LogP) is 4.33. The number of carbonyl (C=O) groups excluding carboxylic acids is 1. The summed E-state index contributed by atoms with van der Waals surface area (Å²) in [5, 5.41) is 0. The van der Waals surface area contributed by atoms with Gasteiger partial charge >= 0.3 is 0 Å². The highest BCUT2D eigenvalue weighted by Gasteiger charge is 2.36. The maximum absolute atomic E-state index is 12.5. The molecule has 0 radical (unpaired) electrons. The van der Waals surface area contributed by atoms with Gasteiger partial charge in [0.1, 0.15) is 0 Å². The van der Waals surface area contributed by atoms with Gasteiger partial charge in [0, 0.05) is 22.2 Å². The summed E-state index contributed by atoms with van der Waals surface area (Å²) in [5.74, 6) is 0.244. The van der Waals surface area contributed by atoms with Gasteiger partial charge in [0.25, 0.3) is 0 Å². The standard InChI is InChI=1S/C18H21NOS/c1-4-16(20)19-12(2)10-15-11-13(3)21-18(15)17(19)14-8-6-5-7-9-14/h5-9,11-12,17H,4,10H2,1-3H3/t12-,17-/m0/s1. The molecule has 2 aromatic rings. The molecule has 0 unspecified atom stereocenters. The Kier molecular flexibility index (Phi) is 3.85. The normalized spacial score (nSPS) is 21.2. The minimum Gasteiger partial charge on any atom is -0.328 e. The molecule has 0 N–H and O–H groups in total. The van der Waals surface area contributed by atoms with E-state index in [4.69, 9.17) is 0 Å². The number of nitrogens with zero attached hydrogens (tertiary/aromatic N) is 1. The maximum atomic E-state index is 12.5. The minimum atomic E-state index is 0.0797. The van der Waals surface area contributed by atoms with Crippen molar-refractivity contribution in [1.82, 2.24) is 4.90 Å². The summed E-state index contributed by atoms with van der Waals surface area (Å²) < 4.78 is 0. The largest absolute Gasteiger partial charge is 0.328 e. The van der Waals surface area contributed by atoms with E-state index in [9.17, 15) is 4.79 Å². The lowest BCUT2D eigenvalue weighted by Crippen LogP contribution is -2.45. The van der Waals surface area contributed by atoms with Crippen LogP contribution in [0.5, 0.6) is 0 Å². The summed E-state index contributed by atoms with van der Waals surface area (Å²) in [4.78, 5) is 17.3. The smallest absolute Gasteiger partial charge is 0.223 e. The lowest BCUT2D eigenvalue weighted by Gasteiger charge is -2.41. The second-order valence-electron chi connectivity index (χ2n) is 5.77. The van der Waals surface area contributed by atoms with Gasteiger partial charge in [0.15, 0.2) is 0 Å². The van der Waals surface area contributed by atoms with Crippen LogP contribution in [0.1, 0.15) is 47.2 Å². The van der Waals surface area contributed by atoms with Crippen LogP contribution in [0.15, 0.2) is 36.4 Å². The molecular weight excluding hydrogens is 278 g/mol. The van der Waals surface area contributed by atoms with Gasteiger partial charge in [-0.05, 0) is 37.5 Å². The number of thiophene rings is 1. The third kappa shape index (κ3) is 2.51. The van der Waals surface area contributed by atoms with Gasteiger partial charge in [-0.2, -0.15) is 0 Å². The Labute approximate surface area is 130 Å². The molecule has 0 saturated heterocycles. The molecule has 1 aromatic carbocycles. The van der Waals surface area contributed by atoms with Crippen molar-refractivity contribution in [2.45, 2.75) is 45.7 Å². The number of hydrogen-bond donors (Lipinski definition) is 0. The van der Waals surface area contributed by atoms with E-state index in [1.54, 1.807) is 0 Å². The molecule has 0 bridgehead atoms.